The first-order chi connectivity index (χ1) is 9.64. The van der Waals surface area contributed by atoms with Crippen molar-refractivity contribution in [2.75, 3.05) is 0 Å². The van der Waals surface area contributed by atoms with Crippen molar-refractivity contribution in [1.82, 2.24) is 0 Å². The lowest BCUT2D eigenvalue weighted by atomic mass is 9.49. The molecule has 1 nitrogen and oxygen atoms in total. The molecule has 1 fully saturated rings. The van der Waals surface area contributed by atoms with Crippen molar-refractivity contribution in [3.63, 3.8) is 0 Å². The largest absolute Gasteiger partial charge is 0.393 e. The van der Waals surface area contributed by atoms with Gasteiger partial charge in [-0.25, -0.2) is 0 Å². The molecular formula is C20H34O. The van der Waals surface area contributed by atoms with Gasteiger partial charge in [0.15, 0.2) is 0 Å². The fraction of sp³-hybridized carbons (Fsp3) is 0.900. The van der Waals surface area contributed by atoms with Gasteiger partial charge in [-0.3, -0.25) is 0 Å². The van der Waals surface area contributed by atoms with Crippen LogP contribution in [-0.2, 0) is 0 Å². The van der Waals surface area contributed by atoms with Crippen LogP contribution < -0.4 is 0 Å². The van der Waals surface area contributed by atoms with Gasteiger partial charge in [-0.2, -0.15) is 0 Å². The SMILES string of the molecule is CC(C)[C@@]1(C)CCC2=C1CC[C@H]1C(C)(C)[C@@H](O)CC[C@]21C. The van der Waals surface area contributed by atoms with Crippen molar-refractivity contribution < 1.29 is 5.11 Å². The third-order valence-corrected chi connectivity index (χ3v) is 8.06. The summed E-state index contributed by atoms with van der Waals surface area (Å²) in [6.07, 6.45) is 7.27. The summed E-state index contributed by atoms with van der Waals surface area (Å²) in [7, 11) is 0. The normalized spacial score (nSPS) is 45.7. The number of fused-ring (bicyclic) bond motifs is 2. The van der Waals surface area contributed by atoms with Gasteiger partial charge in [-0.1, -0.05) is 52.7 Å². The molecule has 0 aromatic heterocycles. The molecule has 0 heterocycles. The van der Waals surface area contributed by atoms with E-state index in [9.17, 15) is 5.11 Å². The van der Waals surface area contributed by atoms with Crippen molar-refractivity contribution in [2.45, 2.75) is 86.2 Å². The van der Waals surface area contributed by atoms with Crippen LogP contribution in [0.25, 0.3) is 0 Å². The van der Waals surface area contributed by atoms with E-state index in [1.165, 1.54) is 32.1 Å². The third-order valence-electron chi connectivity index (χ3n) is 8.06. The summed E-state index contributed by atoms with van der Waals surface area (Å²) in [5.41, 5.74) is 4.47. The van der Waals surface area contributed by atoms with E-state index in [0.717, 1.165) is 12.3 Å². The van der Waals surface area contributed by atoms with Crippen LogP contribution in [0.2, 0.25) is 0 Å². The molecule has 0 aromatic carbocycles. The van der Waals surface area contributed by atoms with Crippen LogP contribution in [0.4, 0.5) is 0 Å². The molecule has 3 aliphatic rings. The molecule has 0 aliphatic heterocycles. The topological polar surface area (TPSA) is 20.2 Å². The van der Waals surface area contributed by atoms with Gasteiger partial charge in [0.1, 0.15) is 0 Å². The van der Waals surface area contributed by atoms with Gasteiger partial charge < -0.3 is 5.11 Å². The molecular weight excluding hydrogens is 256 g/mol. The smallest absolute Gasteiger partial charge is 0.0594 e. The molecule has 0 spiro atoms. The Morgan fingerprint density at radius 3 is 2.24 bits per heavy atom. The van der Waals surface area contributed by atoms with E-state index < -0.39 is 0 Å². The summed E-state index contributed by atoms with van der Waals surface area (Å²) in [6, 6.07) is 0. The molecule has 21 heavy (non-hydrogen) atoms. The van der Waals surface area contributed by atoms with Crippen LogP contribution in [0, 0.1) is 28.1 Å². The molecule has 0 radical (unpaired) electrons. The predicted molar refractivity (Wildman–Crippen MR) is 89.1 cm³/mol. The highest BCUT2D eigenvalue weighted by Gasteiger charge is 2.57. The Labute approximate surface area is 131 Å². The van der Waals surface area contributed by atoms with Gasteiger partial charge in [0.05, 0.1) is 6.10 Å². The maximum atomic E-state index is 10.5. The Balaban J connectivity index is 2.05. The van der Waals surface area contributed by atoms with E-state index in [1.54, 1.807) is 5.57 Å². The van der Waals surface area contributed by atoms with E-state index in [0.29, 0.717) is 16.7 Å². The van der Waals surface area contributed by atoms with E-state index in [-0.39, 0.29) is 11.5 Å². The number of aliphatic hydroxyl groups is 1. The van der Waals surface area contributed by atoms with Gasteiger partial charge in [0, 0.05) is 0 Å². The molecule has 0 unspecified atom stereocenters. The first-order valence-electron chi connectivity index (χ1n) is 9.05. The molecule has 3 rings (SSSR count). The highest BCUT2D eigenvalue weighted by Crippen LogP contribution is 2.65. The summed E-state index contributed by atoms with van der Waals surface area (Å²) in [4.78, 5) is 0. The fourth-order valence-electron chi connectivity index (χ4n) is 6.11. The van der Waals surface area contributed by atoms with Gasteiger partial charge >= 0.3 is 0 Å². The Bertz CT molecular complexity index is 472. The third kappa shape index (κ3) is 1.92. The van der Waals surface area contributed by atoms with Crippen LogP contribution in [0.15, 0.2) is 11.1 Å². The maximum Gasteiger partial charge on any atom is 0.0594 e. The molecule has 3 aliphatic carbocycles. The highest BCUT2D eigenvalue weighted by molar-refractivity contribution is 5.37. The molecule has 0 aromatic rings. The molecule has 0 amide bonds. The second kappa shape index (κ2) is 4.60. The summed E-state index contributed by atoms with van der Waals surface area (Å²) < 4.78 is 0. The van der Waals surface area contributed by atoms with Crippen LogP contribution in [0.1, 0.15) is 80.1 Å². The zero-order valence-electron chi connectivity index (χ0n) is 14.9. The molecule has 1 saturated carbocycles. The number of allylic oxidation sites excluding steroid dienone is 2. The average molecular weight is 290 g/mol. The minimum absolute atomic E-state index is 0.0718. The lowest BCUT2D eigenvalue weighted by molar-refractivity contribution is -0.0890. The van der Waals surface area contributed by atoms with Crippen molar-refractivity contribution in [3.05, 3.63) is 11.1 Å². The highest BCUT2D eigenvalue weighted by atomic mass is 16.3. The second-order valence-electron chi connectivity index (χ2n) is 9.41. The Kier molecular flexibility index (Phi) is 3.41. The Hall–Kier alpha value is -0.300. The lowest BCUT2D eigenvalue weighted by Gasteiger charge is -2.57. The molecule has 120 valence electrons. The molecule has 1 heteroatoms. The zero-order valence-corrected chi connectivity index (χ0v) is 14.9. The second-order valence-corrected chi connectivity index (χ2v) is 9.41. The maximum absolute atomic E-state index is 10.5. The van der Waals surface area contributed by atoms with Gasteiger partial charge in [-0.05, 0) is 66.6 Å². The van der Waals surface area contributed by atoms with Crippen molar-refractivity contribution in [3.8, 4) is 0 Å². The van der Waals surface area contributed by atoms with E-state index in [1.807, 2.05) is 5.57 Å². The van der Waals surface area contributed by atoms with E-state index in [2.05, 4.69) is 41.5 Å². The predicted octanol–water partition coefficient (Wildman–Crippen LogP) is 5.34. The monoisotopic (exact) mass is 290 g/mol. The number of aliphatic hydroxyl groups excluding tert-OH is 1. The Morgan fingerprint density at radius 1 is 0.952 bits per heavy atom. The zero-order chi connectivity index (χ0) is 15.6. The van der Waals surface area contributed by atoms with Crippen LogP contribution in [-0.4, -0.2) is 11.2 Å². The van der Waals surface area contributed by atoms with Gasteiger partial charge in [-0.15, -0.1) is 0 Å². The molecule has 0 saturated heterocycles. The first-order valence-corrected chi connectivity index (χ1v) is 9.05. The van der Waals surface area contributed by atoms with E-state index in [4.69, 9.17) is 0 Å². The summed E-state index contributed by atoms with van der Waals surface area (Å²) in [5, 5.41) is 10.5. The minimum Gasteiger partial charge on any atom is -0.393 e. The number of hydrogen-bond donors (Lipinski definition) is 1. The standard InChI is InChI=1S/C20H34O/c1-13(2)19(5)11-9-15-14(19)7-8-16-18(3,4)17(21)10-12-20(15,16)6/h13,16-17,21H,7-12H2,1-6H3/t16-,17-,19+,20+/m0/s1. The Morgan fingerprint density at radius 2 is 1.62 bits per heavy atom. The van der Waals surface area contributed by atoms with Crippen molar-refractivity contribution >= 4 is 0 Å². The molecule has 1 N–H and O–H groups in total. The van der Waals surface area contributed by atoms with Crippen LogP contribution in [0.3, 0.4) is 0 Å². The van der Waals surface area contributed by atoms with Crippen LogP contribution >= 0.6 is 0 Å². The lowest BCUT2D eigenvalue weighted by Crippen LogP contribution is -2.52. The quantitative estimate of drug-likeness (QED) is 0.647. The van der Waals surface area contributed by atoms with Crippen molar-refractivity contribution in [1.29, 1.82) is 0 Å². The van der Waals surface area contributed by atoms with Crippen molar-refractivity contribution in [2.24, 2.45) is 28.1 Å². The van der Waals surface area contributed by atoms with Crippen LogP contribution in [0.5, 0.6) is 0 Å². The van der Waals surface area contributed by atoms with Gasteiger partial charge in [0.2, 0.25) is 0 Å². The first kappa shape index (κ1) is 15.6. The van der Waals surface area contributed by atoms with E-state index >= 15 is 0 Å². The summed E-state index contributed by atoms with van der Waals surface area (Å²) in [6.45, 7) is 14.4. The van der Waals surface area contributed by atoms with Gasteiger partial charge in [0.25, 0.3) is 0 Å². The number of hydrogen-bond acceptors (Lipinski definition) is 1. The summed E-state index contributed by atoms with van der Waals surface area (Å²) in [5.74, 6) is 1.40. The number of rotatable bonds is 1. The fourth-order valence-corrected chi connectivity index (χ4v) is 6.11. The minimum atomic E-state index is -0.115. The molecule has 4 atom stereocenters. The molecule has 0 bridgehead atoms. The average Bonchev–Trinajstić information content (AvgIpc) is 2.75. The summed E-state index contributed by atoms with van der Waals surface area (Å²) >= 11 is 0.